The summed E-state index contributed by atoms with van der Waals surface area (Å²) in [5.41, 5.74) is 2.12. The first-order chi connectivity index (χ1) is 20.9. The third-order valence-corrected chi connectivity index (χ3v) is 7.97. The quantitative estimate of drug-likeness (QED) is 0.274. The molecule has 0 radical (unpaired) electrons. The van der Waals surface area contributed by atoms with Crippen LogP contribution in [0.5, 0.6) is 11.5 Å². The first kappa shape index (κ1) is 28.4. The number of carbonyl (C=O) groups excluding carboxylic acids is 2. The lowest BCUT2D eigenvalue weighted by molar-refractivity contribution is -0.118. The molecular weight excluding hydrogens is 555 g/mol. The molecule has 3 aromatic carbocycles. The van der Waals surface area contributed by atoms with E-state index < -0.39 is 41.8 Å². The molecule has 0 bridgehead atoms. The summed E-state index contributed by atoms with van der Waals surface area (Å²) in [5, 5.41) is 24.5. The van der Waals surface area contributed by atoms with Crippen molar-refractivity contribution in [1.82, 2.24) is 10.2 Å². The van der Waals surface area contributed by atoms with E-state index in [0.717, 1.165) is 5.56 Å². The summed E-state index contributed by atoms with van der Waals surface area (Å²) in [7, 11) is 1.51. The van der Waals surface area contributed by atoms with Crippen molar-refractivity contribution in [1.29, 1.82) is 0 Å². The van der Waals surface area contributed by atoms with E-state index in [0.29, 0.717) is 33.6 Å². The molecule has 0 fully saturated rings. The standard InChI is InChI=1S/C33H31FN2O7/c1-41-26-11-5-7-20-17-27(43-30(20)26)33(40)36(14-12-19-6-4-8-21(34)16-19)24-18-23(32(39)35-13-15-37)28-22-9-2-3-10-25(22)42-31(28)29(24)38/h2-11,16-18,24,28-29,31,37-38H,12-15H2,1H3,(H,35,39). The highest BCUT2D eigenvalue weighted by molar-refractivity contribution is 5.99. The molecule has 10 heteroatoms. The van der Waals surface area contributed by atoms with Crippen LogP contribution in [0.1, 0.15) is 27.6 Å². The number of rotatable bonds is 9. The second-order valence-corrected chi connectivity index (χ2v) is 10.5. The minimum absolute atomic E-state index is 0.0170. The molecule has 2 amide bonds. The van der Waals surface area contributed by atoms with Crippen molar-refractivity contribution >= 4 is 22.8 Å². The van der Waals surface area contributed by atoms with Gasteiger partial charge >= 0.3 is 0 Å². The molecule has 1 aromatic heterocycles. The van der Waals surface area contributed by atoms with E-state index in [1.807, 2.05) is 12.1 Å². The third kappa shape index (κ3) is 5.35. The van der Waals surface area contributed by atoms with E-state index >= 15 is 0 Å². The zero-order valence-corrected chi connectivity index (χ0v) is 23.4. The molecule has 0 saturated carbocycles. The number of fused-ring (bicyclic) bond motifs is 4. The molecule has 43 heavy (non-hydrogen) atoms. The van der Waals surface area contributed by atoms with Crippen LogP contribution in [0.3, 0.4) is 0 Å². The fourth-order valence-corrected chi connectivity index (χ4v) is 5.96. The molecule has 9 nitrogen and oxygen atoms in total. The molecule has 3 N–H and O–H groups in total. The summed E-state index contributed by atoms with van der Waals surface area (Å²) < 4.78 is 31.6. The van der Waals surface area contributed by atoms with Gasteiger partial charge < -0.3 is 34.3 Å². The van der Waals surface area contributed by atoms with E-state index in [1.54, 1.807) is 54.6 Å². The van der Waals surface area contributed by atoms with Crippen LogP contribution in [-0.2, 0) is 11.2 Å². The van der Waals surface area contributed by atoms with Gasteiger partial charge in [-0.25, -0.2) is 4.39 Å². The van der Waals surface area contributed by atoms with Gasteiger partial charge in [0.05, 0.1) is 25.7 Å². The Balaban J connectivity index is 1.42. The number of ether oxygens (including phenoxy) is 2. The second kappa shape index (κ2) is 11.9. The number of amides is 2. The Morgan fingerprint density at radius 1 is 1.07 bits per heavy atom. The average molecular weight is 587 g/mol. The van der Waals surface area contributed by atoms with Gasteiger partial charge in [-0.2, -0.15) is 0 Å². The Bertz CT molecular complexity index is 1700. The normalized spacial score (nSPS) is 20.5. The summed E-state index contributed by atoms with van der Waals surface area (Å²) in [4.78, 5) is 29.1. The van der Waals surface area contributed by atoms with Crippen LogP contribution in [0.25, 0.3) is 11.0 Å². The maximum Gasteiger partial charge on any atom is 0.290 e. The highest BCUT2D eigenvalue weighted by Crippen LogP contribution is 2.47. The van der Waals surface area contributed by atoms with Gasteiger partial charge in [0.1, 0.15) is 23.8 Å². The maximum atomic E-state index is 14.2. The number of nitrogens with one attached hydrogen (secondary N) is 1. The number of hydrogen-bond donors (Lipinski definition) is 3. The van der Waals surface area contributed by atoms with Crippen LogP contribution in [0.15, 0.2) is 88.9 Å². The van der Waals surface area contributed by atoms with Crippen LogP contribution in [0.2, 0.25) is 0 Å². The van der Waals surface area contributed by atoms with E-state index in [-0.39, 0.29) is 31.9 Å². The Labute approximate surface area is 247 Å². The van der Waals surface area contributed by atoms with E-state index in [1.165, 1.54) is 24.1 Å². The lowest BCUT2D eigenvalue weighted by Crippen LogP contribution is -2.56. The number of methoxy groups -OCH3 is 1. The van der Waals surface area contributed by atoms with Crippen molar-refractivity contribution in [3.63, 3.8) is 0 Å². The van der Waals surface area contributed by atoms with Gasteiger partial charge in [0.2, 0.25) is 5.91 Å². The number of carbonyl (C=O) groups is 2. The minimum Gasteiger partial charge on any atom is -0.493 e. The fraction of sp³-hybridized carbons (Fsp3) is 0.273. The van der Waals surface area contributed by atoms with Crippen molar-refractivity contribution < 1.29 is 38.1 Å². The monoisotopic (exact) mass is 586 g/mol. The number of aliphatic hydroxyl groups excluding tert-OH is 2. The third-order valence-electron chi connectivity index (χ3n) is 7.97. The van der Waals surface area contributed by atoms with E-state index in [4.69, 9.17) is 13.9 Å². The van der Waals surface area contributed by atoms with E-state index in [9.17, 15) is 24.2 Å². The van der Waals surface area contributed by atoms with Gasteiger partial charge in [0, 0.05) is 29.6 Å². The van der Waals surface area contributed by atoms with Gasteiger partial charge in [-0.05, 0) is 48.4 Å². The van der Waals surface area contributed by atoms with Crippen molar-refractivity contribution in [2.75, 3.05) is 26.8 Å². The topological polar surface area (TPSA) is 121 Å². The van der Waals surface area contributed by atoms with Crippen molar-refractivity contribution in [3.05, 3.63) is 107 Å². The van der Waals surface area contributed by atoms with Gasteiger partial charge in [-0.15, -0.1) is 0 Å². The summed E-state index contributed by atoms with van der Waals surface area (Å²) in [6.45, 7) is -0.142. The number of hydrogen-bond acceptors (Lipinski definition) is 7. The van der Waals surface area contributed by atoms with Gasteiger partial charge in [0.15, 0.2) is 17.1 Å². The van der Waals surface area contributed by atoms with Crippen molar-refractivity contribution in [2.24, 2.45) is 0 Å². The molecule has 0 spiro atoms. The SMILES string of the molecule is COc1cccc2cc(C(=O)N(CCc3cccc(F)c3)C3C=C(C(=O)NCCO)C4c5ccccc5OC4C3O)oc12. The lowest BCUT2D eigenvalue weighted by Gasteiger charge is -2.40. The van der Waals surface area contributed by atoms with E-state index in [2.05, 4.69) is 5.32 Å². The lowest BCUT2D eigenvalue weighted by atomic mass is 9.77. The zero-order valence-electron chi connectivity index (χ0n) is 23.4. The van der Waals surface area contributed by atoms with Gasteiger partial charge in [-0.3, -0.25) is 9.59 Å². The highest BCUT2D eigenvalue weighted by atomic mass is 19.1. The molecule has 222 valence electrons. The summed E-state index contributed by atoms with van der Waals surface area (Å²) in [6, 6.07) is 19.2. The predicted molar refractivity (Wildman–Crippen MR) is 155 cm³/mol. The van der Waals surface area contributed by atoms with Crippen LogP contribution in [0.4, 0.5) is 4.39 Å². The molecule has 2 heterocycles. The Kier molecular flexibility index (Phi) is 7.88. The number of nitrogens with zero attached hydrogens (tertiary/aromatic N) is 1. The molecule has 1 aliphatic heterocycles. The number of furan rings is 1. The number of halogens is 1. The van der Waals surface area contributed by atoms with Gasteiger partial charge in [0.25, 0.3) is 5.91 Å². The second-order valence-electron chi connectivity index (χ2n) is 10.5. The fourth-order valence-electron chi connectivity index (χ4n) is 5.96. The minimum atomic E-state index is -1.22. The molecule has 4 unspecified atom stereocenters. The Morgan fingerprint density at radius 3 is 2.67 bits per heavy atom. The van der Waals surface area contributed by atoms with Crippen LogP contribution >= 0.6 is 0 Å². The van der Waals surface area contributed by atoms with Crippen LogP contribution < -0.4 is 14.8 Å². The molecule has 4 atom stereocenters. The van der Waals surface area contributed by atoms with Crippen molar-refractivity contribution in [2.45, 2.75) is 30.6 Å². The summed E-state index contributed by atoms with van der Waals surface area (Å²) >= 11 is 0. The van der Waals surface area contributed by atoms with Crippen LogP contribution in [0, 0.1) is 5.82 Å². The average Bonchev–Trinajstić information content (AvgIpc) is 3.63. The zero-order chi connectivity index (χ0) is 30.1. The first-order valence-electron chi connectivity index (χ1n) is 14.1. The Hall–Kier alpha value is -4.67. The number of para-hydroxylation sites is 2. The van der Waals surface area contributed by atoms with Crippen molar-refractivity contribution in [3.8, 4) is 11.5 Å². The Morgan fingerprint density at radius 2 is 1.88 bits per heavy atom. The largest absolute Gasteiger partial charge is 0.493 e. The number of aliphatic hydroxyl groups is 2. The molecule has 2 aliphatic rings. The maximum absolute atomic E-state index is 14.2. The number of benzene rings is 3. The highest BCUT2D eigenvalue weighted by Gasteiger charge is 2.50. The summed E-state index contributed by atoms with van der Waals surface area (Å²) in [5.74, 6) is -0.935. The molecule has 6 rings (SSSR count). The predicted octanol–water partition coefficient (Wildman–Crippen LogP) is 3.59. The smallest absolute Gasteiger partial charge is 0.290 e. The first-order valence-corrected chi connectivity index (χ1v) is 14.1. The van der Waals surface area contributed by atoms with Gasteiger partial charge in [-0.1, -0.05) is 42.5 Å². The van der Waals surface area contributed by atoms with Crippen LogP contribution in [-0.4, -0.2) is 72.0 Å². The molecule has 4 aromatic rings. The summed E-state index contributed by atoms with van der Waals surface area (Å²) in [6.07, 6.45) is -0.216. The molecule has 0 saturated heterocycles. The molecular formula is C33H31FN2O7. The molecule has 1 aliphatic carbocycles.